The fourth-order valence-corrected chi connectivity index (χ4v) is 9.10. The Labute approximate surface area is 304 Å². The lowest BCUT2D eigenvalue weighted by atomic mass is 9.79. The van der Waals surface area contributed by atoms with Gasteiger partial charge in [0.05, 0.1) is 46.9 Å². The van der Waals surface area contributed by atoms with Crippen LogP contribution in [0, 0.1) is 23.1 Å². The number of nitrogens with zero attached hydrogens (tertiary/aromatic N) is 5. The number of fused-ring (bicyclic) bond motifs is 4. The summed E-state index contributed by atoms with van der Waals surface area (Å²) in [5.74, 6) is -0.418. The maximum Gasteiger partial charge on any atom is 0.410 e. The number of carbonyl (C=O) groups is 2. The summed E-state index contributed by atoms with van der Waals surface area (Å²) in [6.45, 7) is 6.65. The summed E-state index contributed by atoms with van der Waals surface area (Å²) in [5.41, 5.74) is 2.53. The number of thioether (sulfide) groups is 1. The number of amides is 2. The Kier molecular flexibility index (Phi) is 9.11. The highest BCUT2D eigenvalue weighted by atomic mass is 35.5. The summed E-state index contributed by atoms with van der Waals surface area (Å²) in [6, 6.07) is 10.7. The molecule has 4 atom stereocenters. The molecular formula is C37H38Cl2FN5O4S. The molecule has 4 aromatic rings. The maximum absolute atomic E-state index is 17.2. The Balaban J connectivity index is 1.52. The molecule has 1 saturated carbocycles. The lowest BCUT2D eigenvalue weighted by Crippen LogP contribution is -2.45. The van der Waals surface area contributed by atoms with Gasteiger partial charge in [0.25, 0.3) is 0 Å². The molecule has 262 valence electrons. The minimum absolute atomic E-state index is 0.128. The quantitative estimate of drug-likeness (QED) is 0.182. The smallest absolute Gasteiger partial charge is 0.410 e. The summed E-state index contributed by atoms with van der Waals surface area (Å²) in [6.07, 6.45) is 3.93. The number of likely N-dealkylation sites (tertiary alicyclic amines) is 1. The number of hydrogen-bond acceptors (Lipinski definition) is 7. The van der Waals surface area contributed by atoms with E-state index in [-0.39, 0.29) is 59.1 Å². The van der Waals surface area contributed by atoms with E-state index in [1.165, 1.54) is 18.9 Å². The molecule has 4 fully saturated rings. The van der Waals surface area contributed by atoms with E-state index in [9.17, 15) is 14.9 Å². The van der Waals surface area contributed by atoms with Crippen molar-refractivity contribution in [1.82, 2.24) is 19.4 Å². The van der Waals surface area contributed by atoms with Gasteiger partial charge in [0.1, 0.15) is 16.1 Å². The van der Waals surface area contributed by atoms with Gasteiger partial charge in [-0.15, -0.1) is 11.8 Å². The Morgan fingerprint density at radius 3 is 2.64 bits per heavy atom. The maximum atomic E-state index is 17.2. The first-order chi connectivity index (χ1) is 23.9. The third-order valence-corrected chi connectivity index (χ3v) is 11.7. The average molecular weight is 739 g/mol. The minimum Gasteiger partial charge on any atom is -0.453 e. The predicted octanol–water partition coefficient (Wildman–Crippen LogP) is 9.56. The molecule has 2 bridgehead atoms. The molecule has 1 aliphatic carbocycles. The molecule has 0 radical (unpaired) electrons. The van der Waals surface area contributed by atoms with E-state index in [2.05, 4.69) is 16.7 Å². The number of benzene rings is 2. The first-order valence-electron chi connectivity index (χ1n) is 16.8. The molecule has 0 spiro atoms. The number of carbonyl (C=O) groups excluding carboxylic acids is 2. The van der Waals surface area contributed by atoms with Gasteiger partial charge >= 0.3 is 12.2 Å². The van der Waals surface area contributed by atoms with Crippen LogP contribution in [-0.4, -0.2) is 69.6 Å². The van der Waals surface area contributed by atoms with E-state index >= 15 is 4.39 Å². The van der Waals surface area contributed by atoms with Gasteiger partial charge in [0.15, 0.2) is 5.82 Å². The monoisotopic (exact) mass is 737 g/mol. The molecule has 13 heteroatoms. The SMILES string of the molecule is COC(=O)N1CCC[C@@H]1c1cc2c(SC)nc3c(F)c(-c4cccc(Cl)c4Cl)c(CCC#N)cc3c2n1[C@H]1[C@@H]2C[C@H]1N(C(=O)OC(C)(C)C)C2. The van der Waals surface area contributed by atoms with Gasteiger partial charge in [-0.2, -0.15) is 5.26 Å². The van der Waals surface area contributed by atoms with Crippen LogP contribution in [0.3, 0.4) is 0 Å². The molecule has 9 nitrogen and oxygen atoms in total. The lowest BCUT2D eigenvalue weighted by Gasteiger charge is -2.40. The second-order valence-corrected chi connectivity index (χ2v) is 15.8. The second kappa shape index (κ2) is 13.1. The van der Waals surface area contributed by atoms with Crippen LogP contribution in [0.2, 0.25) is 10.0 Å². The van der Waals surface area contributed by atoms with Gasteiger partial charge in [-0.1, -0.05) is 35.3 Å². The Bertz CT molecular complexity index is 2090. The van der Waals surface area contributed by atoms with Gasteiger partial charge < -0.3 is 18.9 Å². The molecule has 2 amide bonds. The van der Waals surface area contributed by atoms with Crippen molar-refractivity contribution in [2.75, 3.05) is 26.5 Å². The summed E-state index contributed by atoms with van der Waals surface area (Å²) < 4.78 is 30.5. The van der Waals surface area contributed by atoms with Crippen LogP contribution in [0.1, 0.15) is 69.8 Å². The summed E-state index contributed by atoms with van der Waals surface area (Å²) in [7, 11) is 1.39. The highest BCUT2D eigenvalue weighted by Crippen LogP contribution is 2.54. The Hall–Kier alpha value is -3.72. The van der Waals surface area contributed by atoms with Crippen LogP contribution in [0.5, 0.6) is 0 Å². The molecule has 4 aliphatic rings. The number of aryl methyl sites for hydroxylation is 1. The van der Waals surface area contributed by atoms with Crippen molar-refractivity contribution in [2.45, 2.75) is 81.6 Å². The van der Waals surface area contributed by atoms with Crippen LogP contribution in [-0.2, 0) is 15.9 Å². The molecule has 3 saturated heterocycles. The van der Waals surface area contributed by atoms with Crippen LogP contribution >= 0.6 is 35.0 Å². The number of pyridine rings is 1. The predicted molar refractivity (Wildman–Crippen MR) is 193 cm³/mol. The van der Waals surface area contributed by atoms with Crippen molar-refractivity contribution >= 4 is 69.0 Å². The normalized spacial score (nSPS) is 21.5. The zero-order valence-corrected chi connectivity index (χ0v) is 30.9. The van der Waals surface area contributed by atoms with Gasteiger partial charge in [-0.25, -0.2) is 19.0 Å². The molecule has 3 aliphatic heterocycles. The van der Waals surface area contributed by atoms with Crippen molar-refractivity contribution in [3.63, 3.8) is 0 Å². The highest BCUT2D eigenvalue weighted by molar-refractivity contribution is 7.98. The van der Waals surface area contributed by atoms with E-state index in [1.807, 2.05) is 38.0 Å². The minimum atomic E-state index is -0.647. The summed E-state index contributed by atoms with van der Waals surface area (Å²) in [5, 5.41) is 12.2. The molecule has 2 aromatic carbocycles. The average Bonchev–Trinajstić information content (AvgIpc) is 3.87. The van der Waals surface area contributed by atoms with Gasteiger partial charge in [-0.05, 0) is 76.5 Å². The standard InChI is InChI=1S/C37H38Cl2FN5O4S/c1-37(2,3)49-36(47)44-18-20-16-27(44)32(20)45-26(25-12-8-14-43(25)35(46)48-4)17-23-33(45)22-15-19(9-7-13-41)28(21-10-6-11-24(38)29(21)39)30(40)31(22)42-34(23)50-5/h6,10-11,15,17,20,25,27,32H,7-9,12,14,16,18H2,1-5H3/t20-,25-,27-,32+/m1/s1. The third-order valence-electron chi connectivity index (χ3n) is 10.2. The Morgan fingerprint density at radius 1 is 1.16 bits per heavy atom. The van der Waals surface area contributed by atoms with E-state index in [0.717, 1.165) is 35.9 Å². The zero-order valence-electron chi connectivity index (χ0n) is 28.6. The zero-order chi connectivity index (χ0) is 35.6. The van der Waals surface area contributed by atoms with E-state index in [4.69, 9.17) is 37.7 Å². The molecule has 5 heterocycles. The molecule has 0 N–H and O–H groups in total. The van der Waals surface area contributed by atoms with Crippen molar-refractivity contribution in [2.24, 2.45) is 5.92 Å². The molecule has 8 rings (SSSR count). The lowest BCUT2D eigenvalue weighted by molar-refractivity contribution is 0.0208. The van der Waals surface area contributed by atoms with Crippen molar-refractivity contribution in [3.05, 3.63) is 57.5 Å². The number of hydrogen-bond donors (Lipinski definition) is 0. The fourth-order valence-electron chi connectivity index (χ4n) is 8.15. The number of ether oxygens (including phenoxy) is 2. The number of nitriles is 1. The number of halogens is 3. The largest absolute Gasteiger partial charge is 0.453 e. The van der Waals surface area contributed by atoms with Crippen LogP contribution in [0.15, 0.2) is 35.4 Å². The molecule has 0 unspecified atom stereocenters. The third kappa shape index (κ3) is 5.64. The van der Waals surface area contributed by atoms with Crippen LogP contribution < -0.4 is 0 Å². The molecule has 2 aromatic heterocycles. The molecule has 50 heavy (non-hydrogen) atoms. The molecular weight excluding hydrogens is 700 g/mol. The van der Waals surface area contributed by atoms with Crippen molar-refractivity contribution in [3.8, 4) is 17.2 Å². The number of aromatic nitrogens is 2. The van der Waals surface area contributed by atoms with E-state index in [1.54, 1.807) is 23.1 Å². The Morgan fingerprint density at radius 2 is 1.94 bits per heavy atom. The topological polar surface area (TPSA) is 101 Å². The summed E-state index contributed by atoms with van der Waals surface area (Å²) in [4.78, 5) is 35.0. The van der Waals surface area contributed by atoms with Gasteiger partial charge in [0, 0.05) is 53.0 Å². The first kappa shape index (κ1) is 34.7. The summed E-state index contributed by atoms with van der Waals surface area (Å²) >= 11 is 14.5. The first-order valence-corrected chi connectivity index (χ1v) is 18.8. The van der Waals surface area contributed by atoms with E-state index < -0.39 is 17.5 Å². The van der Waals surface area contributed by atoms with Gasteiger partial charge in [0.2, 0.25) is 0 Å². The number of methoxy groups -OCH3 is 1. The fraction of sp³-hybridized carbons (Fsp3) is 0.459. The van der Waals surface area contributed by atoms with Crippen LogP contribution in [0.25, 0.3) is 32.9 Å². The van der Waals surface area contributed by atoms with Crippen molar-refractivity contribution < 1.29 is 23.5 Å². The van der Waals surface area contributed by atoms with E-state index in [0.29, 0.717) is 39.7 Å². The number of rotatable bonds is 6. The van der Waals surface area contributed by atoms with Gasteiger partial charge in [-0.3, -0.25) is 4.90 Å². The van der Waals surface area contributed by atoms with Crippen LogP contribution in [0.4, 0.5) is 14.0 Å². The second-order valence-electron chi connectivity index (χ2n) is 14.2. The van der Waals surface area contributed by atoms with Crippen molar-refractivity contribution in [1.29, 1.82) is 5.26 Å². The highest BCUT2D eigenvalue weighted by Gasteiger charge is 2.57.